The van der Waals surface area contributed by atoms with Crippen molar-refractivity contribution < 1.29 is 9.90 Å². The molecule has 5 nitrogen and oxygen atoms in total. The van der Waals surface area contributed by atoms with E-state index in [4.69, 9.17) is 0 Å². The average Bonchev–Trinajstić information content (AvgIpc) is 2.70. The first-order valence-electron chi connectivity index (χ1n) is 8.50. The topological polar surface area (TPSA) is 65.8 Å². The smallest absolute Gasteiger partial charge is 0.255 e. The lowest BCUT2D eigenvalue weighted by molar-refractivity contribution is -0.120. The van der Waals surface area contributed by atoms with Crippen LogP contribution in [0.25, 0.3) is 0 Å². The number of hydrazone groups is 1. The molecule has 4 rings (SSSR count). The summed E-state index contributed by atoms with van der Waals surface area (Å²) in [6, 6.07) is 19.9. The molecule has 0 fully saturated rings. The molecule has 6 heteroatoms. The number of hydrogen-bond donors (Lipinski definition) is 1. The molecule has 0 saturated heterocycles. The van der Waals surface area contributed by atoms with Gasteiger partial charge >= 0.3 is 0 Å². The molecule has 0 bridgehead atoms. The molecular weight excluding hydrogens is 406 g/mol. The summed E-state index contributed by atoms with van der Waals surface area (Å²) in [4.78, 5) is 17.7. The van der Waals surface area contributed by atoms with Gasteiger partial charge in [0.15, 0.2) is 0 Å². The predicted octanol–water partition coefficient (Wildman–Crippen LogP) is 4.47. The highest BCUT2D eigenvalue weighted by atomic mass is 79.9. The van der Waals surface area contributed by atoms with Crippen molar-refractivity contribution in [2.45, 2.75) is 12.3 Å². The number of aromatic hydroxyl groups is 1. The number of amides is 1. The number of halogens is 1. The molecule has 1 atom stereocenters. The minimum absolute atomic E-state index is 0.102. The summed E-state index contributed by atoms with van der Waals surface area (Å²) in [5.74, 6) is -0.638. The van der Waals surface area contributed by atoms with Crippen LogP contribution >= 0.6 is 15.9 Å². The van der Waals surface area contributed by atoms with Crippen LogP contribution in [0.15, 0.2) is 82.5 Å². The Balaban J connectivity index is 1.85. The zero-order chi connectivity index (χ0) is 18.8. The van der Waals surface area contributed by atoms with Crippen LogP contribution in [-0.4, -0.2) is 21.7 Å². The van der Waals surface area contributed by atoms with E-state index in [0.29, 0.717) is 29.1 Å². The lowest BCUT2D eigenvalue weighted by Crippen LogP contribution is -2.38. The van der Waals surface area contributed by atoms with Crippen LogP contribution in [0.5, 0.6) is 5.75 Å². The molecule has 1 amide bonds. The minimum atomic E-state index is -0.548. The van der Waals surface area contributed by atoms with Crippen molar-refractivity contribution in [1.29, 1.82) is 0 Å². The summed E-state index contributed by atoms with van der Waals surface area (Å²) in [7, 11) is 0. The maximum atomic E-state index is 13.3. The van der Waals surface area contributed by atoms with Gasteiger partial charge in [-0.3, -0.25) is 9.78 Å². The van der Waals surface area contributed by atoms with Crippen LogP contribution in [-0.2, 0) is 4.79 Å². The fraction of sp³-hybridized carbons (Fsp3) is 0.0952. The van der Waals surface area contributed by atoms with Gasteiger partial charge in [0.1, 0.15) is 5.75 Å². The third-order valence-electron chi connectivity index (χ3n) is 4.48. The summed E-state index contributed by atoms with van der Waals surface area (Å²) in [5.41, 5.74) is 2.64. The second-order valence-electron chi connectivity index (χ2n) is 6.18. The van der Waals surface area contributed by atoms with E-state index in [0.717, 1.165) is 4.47 Å². The van der Waals surface area contributed by atoms with E-state index in [-0.39, 0.29) is 11.7 Å². The van der Waals surface area contributed by atoms with E-state index in [2.05, 4.69) is 26.0 Å². The number of phenolic OH excluding ortho intramolecular Hbond substituents is 1. The van der Waals surface area contributed by atoms with Crippen LogP contribution in [0.3, 0.4) is 0 Å². The summed E-state index contributed by atoms with van der Waals surface area (Å²) < 4.78 is 0.764. The normalized spacial score (nSPS) is 16.9. The maximum Gasteiger partial charge on any atom is 0.255 e. The fourth-order valence-corrected chi connectivity index (χ4v) is 3.60. The highest BCUT2D eigenvalue weighted by Gasteiger charge is 2.35. The zero-order valence-electron chi connectivity index (χ0n) is 14.3. The highest BCUT2D eigenvalue weighted by molar-refractivity contribution is 9.10. The summed E-state index contributed by atoms with van der Waals surface area (Å²) >= 11 is 3.50. The predicted molar refractivity (Wildman–Crippen MR) is 108 cm³/mol. The molecule has 1 aliphatic rings. The third kappa shape index (κ3) is 3.36. The molecule has 2 aromatic carbocycles. The van der Waals surface area contributed by atoms with Crippen LogP contribution < -0.4 is 5.01 Å². The number of phenols is 1. The van der Waals surface area contributed by atoms with Crippen molar-refractivity contribution in [2.75, 3.05) is 5.01 Å². The third-order valence-corrected chi connectivity index (χ3v) is 5.15. The van der Waals surface area contributed by atoms with Gasteiger partial charge < -0.3 is 5.11 Å². The molecule has 134 valence electrons. The lowest BCUT2D eigenvalue weighted by Gasteiger charge is -2.30. The monoisotopic (exact) mass is 421 g/mol. The van der Waals surface area contributed by atoms with E-state index in [1.165, 1.54) is 5.01 Å². The van der Waals surface area contributed by atoms with Crippen molar-refractivity contribution in [2.24, 2.45) is 5.10 Å². The molecule has 0 aliphatic carbocycles. The number of nitrogens with zero attached hydrogens (tertiary/aromatic N) is 3. The Labute approximate surface area is 165 Å². The number of aromatic nitrogens is 1. The van der Waals surface area contributed by atoms with Crippen LogP contribution in [0.2, 0.25) is 0 Å². The highest BCUT2D eigenvalue weighted by Crippen LogP contribution is 2.37. The van der Waals surface area contributed by atoms with E-state index in [1.54, 1.807) is 24.4 Å². The minimum Gasteiger partial charge on any atom is -0.508 e. The van der Waals surface area contributed by atoms with E-state index >= 15 is 0 Å². The molecule has 0 radical (unpaired) electrons. The van der Waals surface area contributed by atoms with Crippen LogP contribution in [0, 0.1) is 0 Å². The number of rotatable bonds is 3. The van der Waals surface area contributed by atoms with Gasteiger partial charge in [-0.25, -0.2) is 0 Å². The van der Waals surface area contributed by atoms with Gasteiger partial charge in [-0.15, -0.1) is 0 Å². The number of benzene rings is 2. The van der Waals surface area contributed by atoms with E-state index in [9.17, 15) is 9.90 Å². The standard InChI is InChI=1S/C21H16BrN3O2/c22-16-8-2-3-10-19(16)25-21(27)15(14-7-1-4-11-20(14)26)13-18(24-25)17-9-5-6-12-23-17/h1-12,15,26H,13H2. The molecule has 2 heterocycles. The number of anilines is 1. The maximum absolute atomic E-state index is 13.3. The van der Waals surface area contributed by atoms with Gasteiger partial charge in [0.2, 0.25) is 0 Å². The molecule has 1 aliphatic heterocycles. The zero-order valence-corrected chi connectivity index (χ0v) is 15.9. The number of para-hydroxylation sites is 2. The first-order chi connectivity index (χ1) is 13.1. The molecular formula is C21H16BrN3O2. The lowest BCUT2D eigenvalue weighted by atomic mass is 9.89. The fourth-order valence-electron chi connectivity index (χ4n) is 3.15. The number of carbonyl (C=O) groups excluding carboxylic acids is 1. The molecule has 0 spiro atoms. The van der Waals surface area contributed by atoms with Crippen molar-refractivity contribution in [3.05, 3.63) is 88.7 Å². The Kier molecular flexibility index (Phi) is 4.73. The Morgan fingerprint density at radius 1 is 1.00 bits per heavy atom. The van der Waals surface area contributed by atoms with Gasteiger partial charge in [0.05, 0.1) is 23.0 Å². The van der Waals surface area contributed by atoms with Crippen LogP contribution in [0.1, 0.15) is 23.6 Å². The summed E-state index contributed by atoms with van der Waals surface area (Å²) in [6.45, 7) is 0. The number of hydrogen-bond acceptors (Lipinski definition) is 4. The van der Waals surface area contributed by atoms with Crippen molar-refractivity contribution in [3.8, 4) is 5.75 Å². The molecule has 0 saturated carbocycles. The second kappa shape index (κ2) is 7.32. The molecule has 27 heavy (non-hydrogen) atoms. The first kappa shape index (κ1) is 17.4. The van der Waals surface area contributed by atoms with E-state index < -0.39 is 5.92 Å². The van der Waals surface area contributed by atoms with Gasteiger partial charge in [0.25, 0.3) is 5.91 Å². The van der Waals surface area contributed by atoms with Crippen molar-refractivity contribution in [3.63, 3.8) is 0 Å². The summed E-state index contributed by atoms with van der Waals surface area (Å²) in [6.07, 6.45) is 2.07. The van der Waals surface area contributed by atoms with Gasteiger partial charge in [0, 0.05) is 22.7 Å². The quantitative estimate of drug-likeness (QED) is 0.677. The SMILES string of the molecule is O=C1C(c2ccccc2O)CC(c2ccccn2)=NN1c1ccccc1Br. The second-order valence-corrected chi connectivity index (χ2v) is 7.03. The van der Waals surface area contributed by atoms with Crippen molar-refractivity contribution >= 4 is 33.2 Å². The Hall–Kier alpha value is -2.99. The van der Waals surface area contributed by atoms with Crippen LogP contribution in [0.4, 0.5) is 5.69 Å². The Morgan fingerprint density at radius 2 is 1.74 bits per heavy atom. The number of pyridine rings is 1. The van der Waals surface area contributed by atoms with Gasteiger partial charge in [-0.1, -0.05) is 36.4 Å². The molecule has 1 aromatic heterocycles. The largest absolute Gasteiger partial charge is 0.508 e. The first-order valence-corrected chi connectivity index (χ1v) is 9.29. The molecule has 1 unspecified atom stereocenters. The number of carbonyl (C=O) groups is 1. The Bertz CT molecular complexity index is 1020. The Morgan fingerprint density at radius 3 is 2.48 bits per heavy atom. The van der Waals surface area contributed by atoms with Gasteiger partial charge in [-0.2, -0.15) is 10.1 Å². The average molecular weight is 422 g/mol. The van der Waals surface area contributed by atoms with Gasteiger partial charge in [-0.05, 0) is 46.3 Å². The van der Waals surface area contributed by atoms with Crippen molar-refractivity contribution in [1.82, 2.24) is 4.98 Å². The summed E-state index contributed by atoms with van der Waals surface area (Å²) in [5, 5.41) is 16.3. The molecule has 1 N–H and O–H groups in total. The van der Waals surface area contributed by atoms with E-state index in [1.807, 2.05) is 48.5 Å². The molecule has 3 aromatic rings.